The molecule has 3 heterocycles. The third kappa shape index (κ3) is 4.52. The quantitative estimate of drug-likeness (QED) is 0.184. The topological polar surface area (TPSA) is 38.9 Å². The molecule has 0 N–H and O–H groups in total. The summed E-state index contributed by atoms with van der Waals surface area (Å²) >= 11 is 1.90. The molecule has 250 valence electrons. The van der Waals surface area contributed by atoms with Crippen molar-refractivity contribution in [2.24, 2.45) is 0 Å². The van der Waals surface area contributed by atoms with Gasteiger partial charge in [-0.25, -0.2) is 9.97 Å². The lowest BCUT2D eigenvalue weighted by atomic mass is 9.81. The van der Waals surface area contributed by atoms with E-state index in [1.54, 1.807) is 6.33 Å². The van der Waals surface area contributed by atoms with E-state index in [4.69, 9.17) is 4.42 Å². The number of aromatic nitrogens is 2. The number of benzene rings is 7. The van der Waals surface area contributed by atoms with Gasteiger partial charge in [0.25, 0.3) is 0 Å². The van der Waals surface area contributed by atoms with Crippen molar-refractivity contribution in [1.82, 2.24) is 9.97 Å². The lowest BCUT2D eigenvalue weighted by molar-refractivity contribution is 0.660. The van der Waals surface area contributed by atoms with E-state index in [2.05, 4.69) is 151 Å². The summed E-state index contributed by atoms with van der Waals surface area (Å²) in [7, 11) is 0. The Morgan fingerprint density at radius 3 is 1.85 bits per heavy atom. The van der Waals surface area contributed by atoms with Crippen LogP contribution in [0.15, 0.2) is 162 Å². The number of nitrogens with zero attached hydrogens (tertiary/aromatic N) is 2. The van der Waals surface area contributed by atoms with Gasteiger partial charge in [-0.05, 0) is 86.0 Å². The van der Waals surface area contributed by atoms with Crippen molar-refractivity contribution in [3.8, 4) is 55.8 Å². The number of rotatable bonds is 4. The van der Waals surface area contributed by atoms with E-state index in [0.717, 1.165) is 38.9 Å². The van der Waals surface area contributed by atoms with E-state index in [1.165, 1.54) is 64.7 Å². The minimum Gasteiger partial charge on any atom is -0.452 e. The highest BCUT2D eigenvalue weighted by atomic mass is 32.1. The van der Waals surface area contributed by atoms with Crippen LogP contribution < -0.4 is 0 Å². The van der Waals surface area contributed by atoms with Gasteiger partial charge in [-0.3, -0.25) is 0 Å². The van der Waals surface area contributed by atoms with Crippen LogP contribution in [-0.4, -0.2) is 9.97 Å². The molecule has 4 heteroatoms. The Labute approximate surface area is 310 Å². The summed E-state index contributed by atoms with van der Waals surface area (Å²) in [5.74, 6) is 0. The van der Waals surface area contributed by atoms with Crippen LogP contribution in [0.2, 0.25) is 0 Å². The van der Waals surface area contributed by atoms with Crippen molar-refractivity contribution in [2.45, 2.75) is 19.3 Å². The zero-order valence-corrected chi connectivity index (χ0v) is 30.0. The molecule has 3 aromatic heterocycles. The van der Waals surface area contributed by atoms with E-state index in [-0.39, 0.29) is 5.41 Å². The van der Waals surface area contributed by atoms with Crippen LogP contribution in [0.3, 0.4) is 0 Å². The summed E-state index contributed by atoms with van der Waals surface area (Å²) in [5, 5.41) is 3.60. The molecule has 0 atom stereocenters. The normalized spacial score (nSPS) is 13.2. The average Bonchev–Trinajstić information content (AvgIpc) is 3.86. The molecule has 7 aromatic carbocycles. The number of hydrogen-bond acceptors (Lipinski definition) is 4. The monoisotopic (exact) mass is 696 g/mol. The van der Waals surface area contributed by atoms with E-state index in [0.29, 0.717) is 5.58 Å². The molecular weight excluding hydrogens is 665 g/mol. The number of hydrogen-bond donors (Lipinski definition) is 0. The third-order valence-corrected chi connectivity index (χ3v) is 12.5. The van der Waals surface area contributed by atoms with Crippen molar-refractivity contribution >= 4 is 53.6 Å². The molecule has 53 heavy (non-hydrogen) atoms. The van der Waals surface area contributed by atoms with Gasteiger partial charge in [-0.15, -0.1) is 11.3 Å². The third-order valence-electron chi connectivity index (χ3n) is 11.2. The highest BCUT2D eigenvalue weighted by Gasteiger charge is 2.35. The maximum Gasteiger partial charge on any atom is 0.180 e. The molecule has 0 fully saturated rings. The first-order valence-corrected chi connectivity index (χ1v) is 18.9. The fraction of sp³-hybridized carbons (Fsp3) is 0.0612. The molecule has 1 aliphatic rings. The number of furan rings is 1. The molecule has 0 aliphatic heterocycles. The van der Waals surface area contributed by atoms with Crippen molar-refractivity contribution < 1.29 is 4.42 Å². The molecule has 11 rings (SSSR count). The van der Waals surface area contributed by atoms with Gasteiger partial charge in [0.05, 0.1) is 0 Å². The minimum absolute atomic E-state index is 0.0395. The van der Waals surface area contributed by atoms with Crippen LogP contribution in [0.25, 0.3) is 98.0 Å². The smallest absolute Gasteiger partial charge is 0.180 e. The Hall–Kier alpha value is -6.36. The molecule has 0 saturated heterocycles. The zero-order valence-electron chi connectivity index (χ0n) is 29.2. The Kier molecular flexibility index (Phi) is 6.47. The second-order valence-electron chi connectivity index (χ2n) is 14.6. The highest BCUT2D eigenvalue weighted by Crippen LogP contribution is 2.51. The van der Waals surface area contributed by atoms with Gasteiger partial charge in [0.1, 0.15) is 23.1 Å². The van der Waals surface area contributed by atoms with Crippen molar-refractivity contribution in [2.75, 3.05) is 0 Å². The van der Waals surface area contributed by atoms with E-state index < -0.39 is 0 Å². The molecule has 0 radical (unpaired) electrons. The summed E-state index contributed by atoms with van der Waals surface area (Å²) in [6.45, 7) is 4.71. The Balaban J connectivity index is 1.00. The highest BCUT2D eigenvalue weighted by molar-refractivity contribution is 7.26. The van der Waals surface area contributed by atoms with Crippen LogP contribution in [0, 0.1) is 0 Å². The lowest BCUT2D eigenvalue weighted by Crippen LogP contribution is -2.14. The molecule has 0 spiro atoms. The van der Waals surface area contributed by atoms with Gasteiger partial charge in [0, 0.05) is 36.5 Å². The first-order valence-electron chi connectivity index (χ1n) is 18.1. The largest absolute Gasteiger partial charge is 0.452 e. The van der Waals surface area contributed by atoms with Crippen LogP contribution >= 0.6 is 11.3 Å². The molecule has 0 amide bonds. The molecule has 10 aromatic rings. The first-order chi connectivity index (χ1) is 26.0. The van der Waals surface area contributed by atoms with Crippen molar-refractivity contribution in [1.29, 1.82) is 0 Å². The summed E-state index contributed by atoms with van der Waals surface area (Å²) in [5.41, 5.74) is 16.9. The fourth-order valence-electron chi connectivity index (χ4n) is 8.59. The molecule has 3 nitrogen and oxygen atoms in total. The predicted molar refractivity (Wildman–Crippen MR) is 222 cm³/mol. The summed E-state index contributed by atoms with van der Waals surface area (Å²) in [6, 6.07) is 55.0. The van der Waals surface area contributed by atoms with Gasteiger partial charge < -0.3 is 4.42 Å². The number of fused-ring (bicyclic) bond motifs is 9. The predicted octanol–water partition coefficient (Wildman–Crippen LogP) is 13.7. The van der Waals surface area contributed by atoms with Crippen LogP contribution in [0.5, 0.6) is 0 Å². The van der Waals surface area contributed by atoms with Crippen LogP contribution in [0.1, 0.15) is 25.0 Å². The molecule has 0 unspecified atom stereocenters. The van der Waals surface area contributed by atoms with Crippen molar-refractivity contribution in [3.63, 3.8) is 0 Å². The lowest BCUT2D eigenvalue weighted by Gasteiger charge is -2.22. The van der Waals surface area contributed by atoms with Crippen LogP contribution in [-0.2, 0) is 5.41 Å². The van der Waals surface area contributed by atoms with Crippen LogP contribution in [0.4, 0.5) is 0 Å². The molecule has 1 aliphatic carbocycles. The minimum atomic E-state index is -0.0395. The molecule has 0 saturated carbocycles. The van der Waals surface area contributed by atoms with Gasteiger partial charge in [0.2, 0.25) is 0 Å². The summed E-state index contributed by atoms with van der Waals surface area (Å²) < 4.78 is 8.92. The fourth-order valence-corrected chi connectivity index (χ4v) is 9.96. The van der Waals surface area contributed by atoms with E-state index in [9.17, 15) is 0 Å². The number of thiophene rings is 1. The van der Waals surface area contributed by atoms with Gasteiger partial charge >= 0.3 is 0 Å². The summed E-state index contributed by atoms with van der Waals surface area (Å²) in [4.78, 5) is 9.25. The maximum absolute atomic E-state index is 6.28. The zero-order chi connectivity index (χ0) is 35.3. The number of para-hydroxylation sites is 1. The van der Waals surface area contributed by atoms with Crippen molar-refractivity contribution in [3.05, 3.63) is 169 Å². The van der Waals surface area contributed by atoms with Gasteiger partial charge in [-0.1, -0.05) is 135 Å². The van der Waals surface area contributed by atoms with Gasteiger partial charge in [0.15, 0.2) is 5.58 Å². The average molecular weight is 697 g/mol. The summed E-state index contributed by atoms with van der Waals surface area (Å²) in [6.07, 6.45) is 1.63. The Bertz CT molecular complexity index is 3110. The Morgan fingerprint density at radius 2 is 1.06 bits per heavy atom. The second kappa shape index (κ2) is 11.3. The molecular formula is C49H32N2OS. The van der Waals surface area contributed by atoms with Gasteiger partial charge in [-0.2, -0.15) is 0 Å². The Morgan fingerprint density at radius 1 is 0.472 bits per heavy atom. The van der Waals surface area contributed by atoms with E-state index in [1.807, 2.05) is 35.6 Å². The first kappa shape index (κ1) is 30.3. The SMILES string of the molecule is CC1(C)c2ccccc2-c2ccc(-c3cccc4c3sc3c(-c5cccc(-c6cccc(-c7ncnc8c7oc7ccccc78)c6)c5)cccc34)cc21. The maximum atomic E-state index is 6.28. The standard InChI is InChI=1S/C49H32N2OS/c1-49(2)41-21-5-3-15-36(41)37-24-23-32(27-42(37)49)35-18-10-20-39-38-19-9-17-34(47(38)53-48(35)39)31-13-7-11-29(25-31)30-12-8-14-33(26-30)44-46-45(51-28-50-44)40-16-4-6-22-43(40)52-46/h3-28H,1-2H3. The second-order valence-corrected chi connectivity index (χ2v) is 15.6. The molecule has 0 bridgehead atoms. The van der Waals surface area contributed by atoms with E-state index >= 15 is 0 Å².